The van der Waals surface area contributed by atoms with E-state index in [0.717, 1.165) is 24.1 Å². The maximum atomic E-state index is 11.6. The maximum absolute atomic E-state index is 11.6. The van der Waals surface area contributed by atoms with Gasteiger partial charge in [-0.1, -0.05) is 24.8 Å². The van der Waals surface area contributed by atoms with Crippen molar-refractivity contribution in [2.45, 2.75) is 18.2 Å². The van der Waals surface area contributed by atoms with Crippen molar-refractivity contribution < 1.29 is 77.2 Å². The first kappa shape index (κ1) is 22.8. The van der Waals surface area contributed by atoms with Crippen molar-refractivity contribution in [2.75, 3.05) is 0 Å². The minimum Gasteiger partial charge on any atom is -0.871 e. The van der Waals surface area contributed by atoms with Crippen LogP contribution in [0.5, 0.6) is 5.75 Å². The molecule has 2 rings (SSSR count). The van der Waals surface area contributed by atoms with Gasteiger partial charge in [-0.3, -0.25) is 0 Å². The molecule has 6 nitrogen and oxygen atoms in total. The van der Waals surface area contributed by atoms with Crippen LogP contribution in [0.3, 0.4) is 0 Å². The van der Waals surface area contributed by atoms with E-state index in [4.69, 9.17) is 0 Å². The second-order valence-corrected chi connectivity index (χ2v) is 5.68. The minimum absolute atomic E-state index is 0. The molecule has 0 spiro atoms. The van der Waals surface area contributed by atoms with Crippen LogP contribution in [0.25, 0.3) is 0 Å². The minimum atomic E-state index is -4.47. The molecule has 9 heteroatoms. The normalized spacial score (nSPS) is 10.9. The van der Waals surface area contributed by atoms with E-state index in [1.54, 1.807) is 12.1 Å². The average molecular weight is 350 g/mol. The van der Waals surface area contributed by atoms with E-state index in [9.17, 15) is 18.1 Å². The van der Waals surface area contributed by atoms with Crippen LogP contribution < -0.4 is 64.2 Å². The molecule has 0 N–H and O–H groups in total. The molecule has 0 unspecified atom stereocenters. The van der Waals surface area contributed by atoms with Gasteiger partial charge in [-0.2, -0.15) is 10.2 Å². The summed E-state index contributed by atoms with van der Waals surface area (Å²) in [5.74, 6) is -0.241. The molecule has 0 aliphatic heterocycles. The van der Waals surface area contributed by atoms with Gasteiger partial charge in [-0.15, -0.1) is 0 Å². The van der Waals surface area contributed by atoms with Crippen molar-refractivity contribution in [1.29, 1.82) is 0 Å². The van der Waals surface area contributed by atoms with Gasteiger partial charge in [0.05, 0.1) is 16.3 Å². The molecule has 0 aliphatic rings. The zero-order valence-electron chi connectivity index (χ0n) is 13.2. The summed E-state index contributed by atoms with van der Waals surface area (Å²) < 4.78 is 32.4. The molecule has 0 bridgehead atoms. The van der Waals surface area contributed by atoms with Crippen molar-refractivity contribution in [3.8, 4) is 5.75 Å². The van der Waals surface area contributed by atoms with Crippen molar-refractivity contribution in [2.24, 2.45) is 10.2 Å². The van der Waals surface area contributed by atoms with Crippen molar-refractivity contribution in [3.63, 3.8) is 0 Å². The number of nitrogens with zero attached hydrogens (tertiary/aromatic N) is 2. The summed E-state index contributed by atoms with van der Waals surface area (Å²) in [4.78, 5) is -0.334. The zero-order valence-corrected chi connectivity index (χ0v) is 18.0. The molecule has 0 aliphatic carbocycles. The number of hydrogen-bond donors (Lipinski definition) is 0. The van der Waals surface area contributed by atoms with E-state index >= 15 is 0 Å². The molecule has 0 saturated heterocycles. The van der Waals surface area contributed by atoms with Crippen LogP contribution in [0, 0.1) is 0 Å². The van der Waals surface area contributed by atoms with Crippen LogP contribution >= 0.6 is 0 Å². The summed E-state index contributed by atoms with van der Waals surface area (Å²) in [5.41, 5.74) is 1.54. The summed E-state index contributed by atoms with van der Waals surface area (Å²) >= 11 is 0. The van der Waals surface area contributed by atoms with Crippen LogP contribution in [0.4, 0.5) is 11.4 Å². The molecule has 110 valence electrons. The van der Waals surface area contributed by atoms with Crippen molar-refractivity contribution in [1.82, 2.24) is 0 Å². The third kappa shape index (κ3) is 6.64. The topological polar surface area (TPSA) is 105 Å². The van der Waals surface area contributed by atoms with E-state index < -0.39 is 10.1 Å². The number of aryl methyl sites for hydroxylation is 1. The standard InChI is InChI=1S/C14H14N2O4S.2Na/c1-2-10-3-8-14(17)13(9-10)16-15-11-4-6-12(7-5-11)21(18,19)20;;/h3-9,17H,2H2,1H3,(H,18,19,20);;/q;2*+1/p-2. The Morgan fingerprint density at radius 1 is 1.00 bits per heavy atom. The second-order valence-electron chi connectivity index (χ2n) is 4.30. The smallest absolute Gasteiger partial charge is 0.871 e. The maximum Gasteiger partial charge on any atom is 1.00 e. The third-order valence-electron chi connectivity index (χ3n) is 2.83. The Bertz CT molecular complexity index is 778. The molecule has 0 aromatic heterocycles. The van der Waals surface area contributed by atoms with Gasteiger partial charge >= 0.3 is 59.1 Å². The molecule has 0 amide bonds. The molecule has 0 fully saturated rings. The molecule has 0 saturated carbocycles. The van der Waals surface area contributed by atoms with Gasteiger partial charge in [0.15, 0.2) is 0 Å². The summed E-state index contributed by atoms with van der Waals surface area (Å²) in [5, 5.41) is 19.3. The average Bonchev–Trinajstić information content (AvgIpc) is 2.46. The summed E-state index contributed by atoms with van der Waals surface area (Å²) in [6.07, 6.45) is 0.777. The van der Waals surface area contributed by atoms with Gasteiger partial charge in [0.2, 0.25) is 0 Å². The van der Waals surface area contributed by atoms with Crippen LogP contribution in [0.1, 0.15) is 12.5 Å². The predicted octanol–water partition coefficient (Wildman–Crippen LogP) is -3.35. The van der Waals surface area contributed by atoms with E-state index in [1.807, 2.05) is 6.92 Å². The molecular formula is C14H12N2Na2O4S. The van der Waals surface area contributed by atoms with Crippen LogP contribution in [0.15, 0.2) is 57.6 Å². The van der Waals surface area contributed by atoms with Crippen LogP contribution in [0.2, 0.25) is 0 Å². The Hall–Kier alpha value is -0.250. The molecular weight excluding hydrogens is 338 g/mol. The van der Waals surface area contributed by atoms with E-state index in [2.05, 4.69) is 10.2 Å². The number of hydrogen-bond acceptors (Lipinski definition) is 6. The SMILES string of the molecule is CCc1ccc([O-])c(N=Nc2ccc(S(=O)(=O)[O-])cc2)c1.[Na+].[Na+]. The van der Waals surface area contributed by atoms with Crippen LogP contribution in [-0.4, -0.2) is 13.0 Å². The second kappa shape index (κ2) is 9.90. The largest absolute Gasteiger partial charge is 1.00 e. The van der Waals surface area contributed by atoms with E-state index in [-0.39, 0.29) is 75.4 Å². The van der Waals surface area contributed by atoms with Crippen molar-refractivity contribution >= 4 is 21.5 Å². The van der Waals surface area contributed by atoms with Crippen molar-refractivity contribution in [3.05, 3.63) is 48.0 Å². The van der Waals surface area contributed by atoms with Gasteiger partial charge < -0.3 is 9.66 Å². The summed E-state index contributed by atoms with van der Waals surface area (Å²) in [6.45, 7) is 1.96. The predicted molar refractivity (Wildman–Crippen MR) is 73.8 cm³/mol. The Kier molecular flexibility index (Phi) is 9.80. The fraction of sp³-hybridized carbons (Fsp3) is 0.143. The molecule has 0 atom stereocenters. The van der Waals surface area contributed by atoms with Gasteiger partial charge in [0.1, 0.15) is 10.1 Å². The van der Waals surface area contributed by atoms with E-state index in [0.29, 0.717) is 5.69 Å². The molecule has 2 aromatic rings. The van der Waals surface area contributed by atoms with Gasteiger partial charge in [-0.05, 0) is 42.3 Å². The first-order valence-corrected chi connectivity index (χ1v) is 7.58. The Morgan fingerprint density at radius 3 is 2.13 bits per heavy atom. The number of rotatable bonds is 4. The summed E-state index contributed by atoms with van der Waals surface area (Å²) in [7, 11) is -4.47. The fourth-order valence-electron chi connectivity index (χ4n) is 1.65. The monoisotopic (exact) mass is 350 g/mol. The quantitative estimate of drug-likeness (QED) is 0.326. The molecule has 0 radical (unpaired) electrons. The zero-order chi connectivity index (χ0) is 15.5. The molecule has 23 heavy (non-hydrogen) atoms. The Morgan fingerprint density at radius 2 is 1.61 bits per heavy atom. The third-order valence-corrected chi connectivity index (χ3v) is 3.68. The number of azo groups is 1. The molecule has 2 aromatic carbocycles. The fourth-order valence-corrected chi connectivity index (χ4v) is 2.12. The first-order chi connectivity index (χ1) is 9.90. The molecule has 0 heterocycles. The number of benzene rings is 2. The Labute approximate surface area is 179 Å². The first-order valence-electron chi connectivity index (χ1n) is 6.18. The van der Waals surface area contributed by atoms with Gasteiger partial charge in [-0.25, -0.2) is 8.42 Å². The van der Waals surface area contributed by atoms with E-state index in [1.165, 1.54) is 18.2 Å². The van der Waals surface area contributed by atoms with Crippen LogP contribution in [-0.2, 0) is 16.5 Å². The summed E-state index contributed by atoms with van der Waals surface area (Å²) in [6, 6.07) is 9.82. The van der Waals surface area contributed by atoms with Gasteiger partial charge in [0.25, 0.3) is 0 Å². The van der Waals surface area contributed by atoms with Gasteiger partial charge in [0, 0.05) is 0 Å². The Balaban J connectivity index is 0.00000242.